The Kier molecular flexibility index (Phi) is 4.14. The SMILES string of the molecule is CC(C)(C)OC(=O)N[C@H]1CC[C@H](N2C=NNN2)CC1. The van der Waals surface area contributed by atoms with Gasteiger partial charge in [0.25, 0.3) is 0 Å². The predicted molar refractivity (Wildman–Crippen MR) is 72.0 cm³/mol. The number of nitrogens with one attached hydrogen (secondary N) is 3. The summed E-state index contributed by atoms with van der Waals surface area (Å²) >= 11 is 0. The van der Waals surface area contributed by atoms with Crippen molar-refractivity contribution in [2.75, 3.05) is 0 Å². The number of rotatable bonds is 2. The van der Waals surface area contributed by atoms with E-state index >= 15 is 0 Å². The van der Waals surface area contributed by atoms with Gasteiger partial charge in [-0.1, -0.05) is 0 Å². The molecule has 0 aromatic heterocycles. The van der Waals surface area contributed by atoms with Crippen LogP contribution in [0.2, 0.25) is 0 Å². The number of amides is 1. The van der Waals surface area contributed by atoms with E-state index in [4.69, 9.17) is 4.74 Å². The number of nitrogens with zero attached hydrogens (tertiary/aromatic N) is 2. The van der Waals surface area contributed by atoms with Crippen LogP contribution in [0.5, 0.6) is 0 Å². The van der Waals surface area contributed by atoms with Crippen LogP contribution in [0.15, 0.2) is 5.10 Å². The lowest BCUT2D eigenvalue weighted by atomic mass is 9.91. The van der Waals surface area contributed by atoms with Gasteiger partial charge in [0.1, 0.15) is 11.9 Å². The van der Waals surface area contributed by atoms with E-state index in [1.54, 1.807) is 6.34 Å². The first kappa shape index (κ1) is 13.9. The van der Waals surface area contributed by atoms with Crippen LogP contribution in [0.4, 0.5) is 4.79 Å². The van der Waals surface area contributed by atoms with E-state index in [0.29, 0.717) is 6.04 Å². The highest BCUT2D eigenvalue weighted by Crippen LogP contribution is 2.22. The Morgan fingerprint density at radius 3 is 2.58 bits per heavy atom. The molecule has 0 spiro atoms. The molecule has 0 aromatic rings. The number of hydrazone groups is 1. The van der Waals surface area contributed by atoms with E-state index < -0.39 is 5.60 Å². The first-order chi connectivity index (χ1) is 8.94. The zero-order valence-electron chi connectivity index (χ0n) is 11.8. The smallest absolute Gasteiger partial charge is 0.407 e. The quantitative estimate of drug-likeness (QED) is 0.699. The van der Waals surface area contributed by atoms with Gasteiger partial charge in [0, 0.05) is 12.1 Å². The van der Waals surface area contributed by atoms with Gasteiger partial charge < -0.3 is 10.1 Å². The highest BCUT2D eigenvalue weighted by Gasteiger charge is 2.28. The Hall–Kier alpha value is -1.50. The molecular weight excluding hydrogens is 246 g/mol. The molecule has 1 amide bonds. The molecule has 0 unspecified atom stereocenters. The van der Waals surface area contributed by atoms with Crippen LogP contribution in [0.3, 0.4) is 0 Å². The summed E-state index contributed by atoms with van der Waals surface area (Å²) in [6, 6.07) is 0.633. The fourth-order valence-corrected chi connectivity index (χ4v) is 2.36. The van der Waals surface area contributed by atoms with E-state index in [-0.39, 0.29) is 12.1 Å². The van der Waals surface area contributed by atoms with Crippen LogP contribution in [0, 0.1) is 0 Å². The minimum atomic E-state index is -0.442. The Labute approximate surface area is 113 Å². The monoisotopic (exact) mass is 269 g/mol. The van der Waals surface area contributed by atoms with Gasteiger partial charge >= 0.3 is 6.09 Å². The number of alkyl carbamates (subject to hydrolysis) is 1. The maximum absolute atomic E-state index is 11.7. The molecule has 1 aliphatic heterocycles. The molecule has 3 N–H and O–H groups in total. The van der Waals surface area contributed by atoms with Gasteiger partial charge in [0.05, 0.1) is 0 Å². The summed E-state index contributed by atoms with van der Waals surface area (Å²) in [5, 5.41) is 8.81. The third kappa shape index (κ3) is 4.27. The van der Waals surface area contributed by atoms with Gasteiger partial charge in [-0.25, -0.2) is 10.3 Å². The lowest BCUT2D eigenvalue weighted by Gasteiger charge is -2.33. The number of ether oxygens (including phenoxy) is 1. The number of carbonyl (C=O) groups is 1. The summed E-state index contributed by atoms with van der Waals surface area (Å²) in [5.41, 5.74) is 5.21. The molecule has 2 aliphatic rings. The van der Waals surface area contributed by atoms with Gasteiger partial charge in [-0.05, 0) is 46.5 Å². The molecule has 1 aliphatic carbocycles. The highest BCUT2D eigenvalue weighted by atomic mass is 16.6. The van der Waals surface area contributed by atoms with Crippen molar-refractivity contribution >= 4 is 12.4 Å². The second-order valence-corrected chi connectivity index (χ2v) is 6.03. The van der Waals surface area contributed by atoms with E-state index in [0.717, 1.165) is 25.7 Å². The van der Waals surface area contributed by atoms with E-state index in [1.165, 1.54) is 0 Å². The van der Waals surface area contributed by atoms with E-state index in [1.807, 2.05) is 25.8 Å². The van der Waals surface area contributed by atoms with Gasteiger partial charge in [-0.15, -0.1) is 5.53 Å². The zero-order chi connectivity index (χ0) is 13.9. The molecule has 0 saturated heterocycles. The molecule has 0 atom stereocenters. The summed E-state index contributed by atoms with van der Waals surface area (Å²) < 4.78 is 5.26. The Bertz CT molecular complexity index is 345. The third-order valence-corrected chi connectivity index (χ3v) is 3.24. The average molecular weight is 269 g/mol. The third-order valence-electron chi connectivity index (χ3n) is 3.24. The lowest BCUT2D eigenvalue weighted by Crippen LogP contribution is -2.49. The van der Waals surface area contributed by atoms with Crippen LogP contribution < -0.4 is 16.4 Å². The summed E-state index contributed by atoms with van der Waals surface area (Å²) in [6.45, 7) is 5.61. The minimum Gasteiger partial charge on any atom is -0.444 e. The summed E-state index contributed by atoms with van der Waals surface area (Å²) in [4.78, 5) is 11.7. The van der Waals surface area contributed by atoms with Crippen LogP contribution in [0.1, 0.15) is 46.5 Å². The normalized spacial score (nSPS) is 27.0. The van der Waals surface area contributed by atoms with E-state index in [2.05, 4.69) is 21.5 Å². The molecule has 7 heteroatoms. The van der Waals surface area contributed by atoms with Crippen molar-refractivity contribution in [1.29, 1.82) is 0 Å². The van der Waals surface area contributed by atoms with Crippen molar-refractivity contribution in [3.63, 3.8) is 0 Å². The molecule has 0 bridgehead atoms. The van der Waals surface area contributed by atoms with Crippen molar-refractivity contribution in [3.05, 3.63) is 0 Å². The number of hydrazine groups is 2. The van der Waals surface area contributed by atoms with Gasteiger partial charge in [0.15, 0.2) is 0 Å². The molecule has 2 rings (SSSR count). The molecular formula is C12H23N5O2. The van der Waals surface area contributed by atoms with Crippen molar-refractivity contribution in [1.82, 2.24) is 21.4 Å². The molecule has 0 aromatic carbocycles. The van der Waals surface area contributed by atoms with Crippen molar-refractivity contribution < 1.29 is 9.53 Å². The molecule has 19 heavy (non-hydrogen) atoms. The first-order valence-electron chi connectivity index (χ1n) is 6.76. The highest BCUT2D eigenvalue weighted by molar-refractivity contribution is 5.68. The lowest BCUT2D eigenvalue weighted by molar-refractivity contribution is 0.0480. The minimum absolute atomic E-state index is 0.207. The first-order valence-corrected chi connectivity index (χ1v) is 6.76. The molecule has 0 radical (unpaired) electrons. The maximum Gasteiger partial charge on any atom is 0.407 e. The standard InChI is InChI=1S/C12H23N5O2/c1-12(2,3)19-11(18)14-9-4-6-10(7-5-9)17-8-13-15-16-17/h8-10,15-16H,4-7H2,1-3H3,(H,14,18)/t9-,10-. The van der Waals surface area contributed by atoms with Crippen molar-refractivity contribution in [3.8, 4) is 0 Å². The largest absolute Gasteiger partial charge is 0.444 e. The fraction of sp³-hybridized carbons (Fsp3) is 0.833. The maximum atomic E-state index is 11.7. The number of hydrogen-bond acceptors (Lipinski definition) is 6. The predicted octanol–water partition coefficient (Wildman–Crippen LogP) is 1.09. The molecule has 7 nitrogen and oxygen atoms in total. The van der Waals surface area contributed by atoms with Crippen LogP contribution in [0.25, 0.3) is 0 Å². The van der Waals surface area contributed by atoms with Crippen LogP contribution in [-0.2, 0) is 4.74 Å². The Balaban J connectivity index is 1.71. The summed E-state index contributed by atoms with van der Waals surface area (Å²) in [6.07, 6.45) is 5.37. The Morgan fingerprint density at radius 2 is 2.05 bits per heavy atom. The summed E-state index contributed by atoms with van der Waals surface area (Å²) in [5.74, 6) is 0. The topological polar surface area (TPSA) is 78.0 Å². The van der Waals surface area contributed by atoms with Crippen LogP contribution >= 0.6 is 0 Å². The zero-order valence-corrected chi connectivity index (χ0v) is 11.8. The van der Waals surface area contributed by atoms with Crippen molar-refractivity contribution in [2.45, 2.75) is 64.1 Å². The van der Waals surface area contributed by atoms with E-state index in [9.17, 15) is 4.79 Å². The van der Waals surface area contributed by atoms with Gasteiger partial charge in [-0.3, -0.25) is 5.01 Å². The Morgan fingerprint density at radius 1 is 1.37 bits per heavy atom. The number of hydrogen-bond donors (Lipinski definition) is 3. The fourth-order valence-electron chi connectivity index (χ4n) is 2.36. The number of carbonyl (C=O) groups excluding carboxylic acids is 1. The second kappa shape index (κ2) is 5.64. The summed E-state index contributed by atoms with van der Waals surface area (Å²) in [7, 11) is 0. The van der Waals surface area contributed by atoms with Gasteiger partial charge in [-0.2, -0.15) is 5.10 Å². The molecule has 108 valence electrons. The molecule has 1 saturated carbocycles. The molecule has 1 heterocycles. The second-order valence-electron chi connectivity index (χ2n) is 6.03. The van der Waals surface area contributed by atoms with Gasteiger partial charge in [0.2, 0.25) is 0 Å². The molecule has 1 fully saturated rings. The van der Waals surface area contributed by atoms with Crippen LogP contribution in [-0.4, -0.2) is 35.1 Å². The average Bonchev–Trinajstić information content (AvgIpc) is 2.80. The van der Waals surface area contributed by atoms with Crippen molar-refractivity contribution in [2.24, 2.45) is 5.10 Å².